The van der Waals surface area contributed by atoms with Crippen LogP contribution < -0.4 is 0 Å². The van der Waals surface area contributed by atoms with Crippen molar-refractivity contribution in [3.8, 4) is 0 Å². The maximum Gasteiger partial charge on any atom is 0.0786 e. The fourth-order valence-electron chi connectivity index (χ4n) is 5.69. The maximum atomic E-state index is 6.69. The van der Waals surface area contributed by atoms with Crippen LogP contribution in [0.1, 0.15) is 42.5 Å². The summed E-state index contributed by atoms with van der Waals surface area (Å²) in [7, 11) is 0. The first kappa shape index (κ1) is 23.5. The molecular weight excluding hydrogens is 426 g/mol. The molecule has 1 aliphatic rings. The minimum Gasteiger partial charge on any atom is -0.369 e. The number of ether oxygens (including phenoxy) is 1. The Balaban J connectivity index is 1.52. The molecule has 2 heteroatoms. The Morgan fingerprint density at radius 2 is 1.14 bits per heavy atom. The van der Waals surface area contributed by atoms with Gasteiger partial charge in [0.25, 0.3) is 0 Å². The minimum absolute atomic E-state index is 0.0880. The molecule has 5 rings (SSSR count). The highest BCUT2D eigenvalue weighted by molar-refractivity contribution is 5.42. The Labute approximate surface area is 210 Å². The molecule has 2 nitrogen and oxygen atoms in total. The number of benzene rings is 4. The monoisotopic (exact) mass is 461 g/mol. The van der Waals surface area contributed by atoms with E-state index in [0.717, 1.165) is 19.5 Å². The van der Waals surface area contributed by atoms with Gasteiger partial charge in [-0.1, -0.05) is 121 Å². The molecule has 1 saturated heterocycles. The van der Waals surface area contributed by atoms with E-state index in [1.165, 1.54) is 22.3 Å². The van der Waals surface area contributed by atoms with Gasteiger partial charge in [0.15, 0.2) is 0 Å². The van der Waals surface area contributed by atoms with Gasteiger partial charge in [0.1, 0.15) is 0 Å². The molecular formula is C33H35NO. The third-order valence-electron chi connectivity index (χ3n) is 7.59. The second-order valence-electron chi connectivity index (χ2n) is 10.3. The number of hydrogen-bond donors (Lipinski definition) is 0. The van der Waals surface area contributed by atoms with E-state index in [9.17, 15) is 0 Å². The topological polar surface area (TPSA) is 12.5 Å². The summed E-state index contributed by atoms with van der Waals surface area (Å²) in [6.07, 6.45) is 1.01. The summed E-state index contributed by atoms with van der Waals surface area (Å²) < 4.78 is 6.69. The summed E-state index contributed by atoms with van der Waals surface area (Å²) in [4.78, 5) is 2.65. The largest absolute Gasteiger partial charge is 0.369 e. The van der Waals surface area contributed by atoms with Gasteiger partial charge in [-0.3, -0.25) is 4.90 Å². The van der Waals surface area contributed by atoms with Crippen molar-refractivity contribution in [1.29, 1.82) is 0 Å². The van der Waals surface area contributed by atoms with Crippen LogP contribution in [0.15, 0.2) is 121 Å². The lowest BCUT2D eigenvalue weighted by Gasteiger charge is -2.38. The molecule has 1 fully saturated rings. The zero-order valence-corrected chi connectivity index (χ0v) is 20.8. The van der Waals surface area contributed by atoms with Crippen LogP contribution in [0.4, 0.5) is 0 Å². The molecule has 0 bridgehead atoms. The van der Waals surface area contributed by atoms with E-state index in [-0.39, 0.29) is 17.1 Å². The van der Waals surface area contributed by atoms with Gasteiger partial charge in [-0.05, 0) is 42.5 Å². The van der Waals surface area contributed by atoms with Crippen LogP contribution in [0.5, 0.6) is 0 Å². The van der Waals surface area contributed by atoms with Gasteiger partial charge in [-0.2, -0.15) is 0 Å². The molecule has 0 radical (unpaired) electrons. The SMILES string of the molecule is CC(C)(OCc1ccccc1)[C@@H]1CC(c2ccccc2)(c2ccccc2)CN1Cc1ccccc1. The van der Waals surface area contributed by atoms with Crippen LogP contribution in [0.2, 0.25) is 0 Å². The predicted octanol–water partition coefficient (Wildman–Crippen LogP) is 7.24. The van der Waals surface area contributed by atoms with Gasteiger partial charge >= 0.3 is 0 Å². The average molecular weight is 462 g/mol. The van der Waals surface area contributed by atoms with Gasteiger partial charge in [0.05, 0.1) is 12.2 Å². The molecule has 0 spiro atoms. The lowest BCUT2D eigenvalue weighted by atomic mass is 9.71. The first-order valence-electron chi connectivity index (χ1n) is 12.6. The Bertz CT molecular complexity index is 1150. The highest BCUT2D eigenvalue weighted by Crippen LogP contribution is 2.47. The van der Waals surface area contributed by atoms with Crippen molar-refractivity contribution in [3.05, 3.63) is 144 Å². The van der Waals surface area contributed by atoms with Crippen molar-refractivity contribution < 1.29 is 4.74 Å². The van der Waals surface area contributed by atoms with E-state index in [1.807, 2.05) is 0 Å². The second-order valence-corrected chi connectivity index (χ2v) is 10.3. The highest BCUT2D eigenvalue weighted by Gasteiger charge is 2.51. The number of hydrogen-bond acceptors (Lipinski definition) is 2. The second kappa shape index (κ2) is 10.2. The Kier molecular flexibility index (Phi) is 6.86. The maximum absolute atomic E-state index is 6.69. The summed E-state index contributed by atoms with van der Waals surface area (Å²) in [5, 5.41) is 0. The van der Waals surface area contributed by atoms with Crippen molar-refractivity contribution in [2.45, 2.75) is 50.5 Å². The summed E-state index contributed by atoms with van der Waals surface area (Å²) in [6.45, 7) is 7.02. The zero-order chi connectivity index (χ0) is 24.1. The fraction of sp³-hybridized carbons (Fsp3) is 0.273. The van der Waals surface area contributed by atoms with Gasteiger partial charge in [0.2, 0.25) is 0 Å². The third-order valence-corrected chi connectivity index (χ3v) is 7.59. The molecule has 35 heavy (non-hydrogen) atoms. The minimum atomic E-state index is -0.323. The van der Waals surface area contributed by atoms with Crippen LogP contribution in [0, 0.1) is 0 Å². The molecule has 0 unspecified atom stereocenters. The molecule has 1 heterocycles. The van der Waals surface area contributed by atoms with E-state index >= 15 is 0 Å². The molecule has 178 valence electrons. The van der Waals surface area contributed by atoms with Gasteiger partial charge in [-0.15, -0.1) is 0 Å². The Morgan fingerprint density at radius 1 is 0.686 bits per heavy atom. The fourth-order valence-corrected chi connectivity index (χ4v) is 5.69. The number of rotatable bonds is 8. The molecule has 4 aromatic rings. The molecule has 1 aliphatic heterocycles. The Hall–Kier alpha value is -3.20. The predicted molar refractivity (Wildman–Crippen MR) is 144 cm³/mol. The molecule has 4 aromatic carbocycles. The van der Waals surface area contributed by atoms with E-state index in [2.05, 4.69) is 140 Å². The average Bonchev–Trinajstić information content (AvgIpc) is 3.31. The lowest BCUT2D eigenvalue weighted by molar-refractivity contribution is -0.0798. The highest BCUT2D eigenvalue weighted by atomic mass is 16.5. The first-order valence-corrected chi connectivity index (χ1v) is 12.6. The van der Waals surface area contributed by atoms with E-state index < -0.39 is 0 Å². The summed E-state index contributed by atoms with van der Waals surface area (Å²) in [5.41, 5.74) is 4.90. The zero-order valence-electron chi connectivity index (χ0n) is 20.8. The van der Waals surface area contributed by atoms with Crippen LogP contribution in [-0.2, 0) is 23.3 Å². The van der Waals surface area contributed by atoms with Crippen molar-refractivity contribution in [1.82, 2.24) is 4.90 Å². The quantitative estimate of drug-likeness (QED) is 0.274. The molecule has 0 aliphatic carbocycles. The van der Waals surface area contributed by atoms with E-state index in [4.69, 9.17) is 4.74 Å². The first-order chi connectivity index (χ1) is 17.1. The van der Waals surface area contributed by atoms with E-state index in [0.29, 0.717) is 6.61 Å². The summed E-state index contributed by atoms with van der Waals surface area (Å²) in [6, 6.07) is 43.7. The Morgan fingerprint density at radius 3 is 1.66 bits per heavy atom. The van der Waals surface area contributed by atoms with Crippen LogP contribution in [-0.4, -0.2) is 23.1 Å². The molecule has 0 amide bonds. The van der Waals surface area contributed by atoms with Gasteiger partial charge in [0, 0.05) is 24.5 Å². The van der Waals surface area contributed by atoms with Crippen LogP contribution >= 0.6 is 0 Å². The van der Waals surface area contributed by atoms with Crippen LogP contribution in [0.25, 0.3) is 0 Å². The number of nitrogens with zero attached hydrogens (tertiary/aromatic N) is 1. The number of likely N-dealkylation sites (tertiary alicyclic amines) is 1. The van der Waals surface area contributed by atoms with Crippen molar-refractivity contribution in [2.75, 3.05) is 6.54 Å². The molecule has 0 aromatic heterocycles. The van der Waals surface area contributed by atoms with E-state index in [1.54, 1.807) is 0 Å². The molecule has 0 saturated carbocycles. The van der Waals surface area contributed by atoms with Crippen LogP contribution in [0.3, 0.4) is 0 Å². The molecule has 0 N–H and O–H groups in total. The summed E-state index contributed by atoms with van der Waals surface area (Å²) >= 11 is 0. The normalized spacial score (nSPS) is 17.9. The smallest absolute Gasteiger partial charge is 0.0786 e. The third kappa shape index (κ3) is 5.10. The lowest BCUT2D eigenvalue weighted by Crippen LogP contribution is -2.47. The van der Waals surface area contributed by atoms with Gasteiger partial charge in [-0.25, -0.2) is 0 Å². The van der Waals surface area contributed by atoms with Crippen molar-refractivity contribution in [2.24, 2.45) is 0 Å². The van der Waals surface area contributed by atoms with Crippen molar-refractivity contribution >= 4 is 0 Å². The summed E-state index contributed by atoms with van der Waals surface area (Å²) in [5.74, 6) is 0. The van der Waals surface area contributed by atoms with Gasteiger partial charge < -0.3 is 4.74 Å². The molecule has 1 atom stereocenters. The standard InChI is InChI=1S/C33H35NO/c1-32(2,35-25-28-17-9-4-10-18-28)31-23-33(29-19-11-5-12-20-29,30-21-13-6-14-22-30)26-34(31)24-27-15-7-3-8-16-27/h3-22,31H,23-26H2,1-2H3/t31-/m0/s1. The van der Waals surface area contributed by atoms with Crippen molar-refractivity contribution in [3.63, 3.8) is 0 Å².